The Hall–Kier alpha value is -1.40. The van der Waals surface area contributed by atoms with Crippen molar-refractivity contribution in [2.75, 3.05) is 7.05 Å². The number of alkyl halides is 3. The maximum atomic E-state index is 12.6. The van der Waals surface area contributed by atoms with Crippen LogP contribution >= 0.6 is 11.3 Å². The van der Waals surface area contributed by atoms with E-state index in [2.05, 4.69) is 10.3 Å². The molecule has 0 aliphatic carbocycles. The Morgan fingerprint density at radius 3 is 2.78 bits per heavy atom. The van der Waals surface area contributed by atoms with Gasteiger partial charge in [-0.25, -0.2) is 4.98 Å². The standard InChI is InChI=1S/C12H11F3N2S/c1-16-6-10-7-18-11(17-10)8-3-2-4-9(5-8)12(13,14)15/h2-5,7,16H,6H2,1H3. The first-order valence-electron chi connectivity index (χ1n) is 5.27. The van der Waals surface area contributed by atoms with Crippen LogP contribution in [0.5, 0.6) is 0 Å². The molecule has 0 radical (unpaired) electrons. The van der Waals surface area contributed by atoms with Crippen molar-refractivity contribution in [3.8, 4) is 10.6 Å². The molecule has 0 amide bonds. The summed E-state index contributed by atoms with van der Waals surface area (Å²) in [5, 5.41) is 5.39. The Labute approximate surface area is 106 Å². The first kappa shape index (κ1) is 13.0. The highest BCUT2D eigenvalue weighted by atomic mass is 32.1. The van der Waals surface area contributed by atoms with Crippen molar-refractivity contribution in [2.24, 2.45) is 0 Å². The van der Waals surface area contributed by atoms with Crippen LogP contribution in [0.15, 0.2) is 29.6 Å². The molecule has 2 rings (SSSR count). The van der Waals surface area contributed by atoms with Crippen LogP contribution in [0, 0.1) is 0 Å². The van der Waals surface area contributed by atoms with Gasteiger partial charge in [0.25, 0.3) is 0 Å². The van der Waals surface area contributed by atoms with Gasteiger partial charge in [-0.1, -0.05) is 12.1 Å². The van der Waals surface area contributed by atoms with E-state index < -0.39 is 11.7 Å². The Morgan fingerprint density at radius 2 is 2.11 bits per heavy atom. The highest BCUT2D eigenvalue weighted by Gasteiger charge is 2.30. The van der Waals surface area contributed by atoms with E-state index in [1.54, 1.807) is 13.1 Å². The minimum absolute atomic E-state index is 0.497. The summed E-state index contributed by atoms with van der Waals surface area (Å²) < 4.78 is 37.7. The predicted octanol–water partition coefficient (Wildman–Crippen LogP) is 3.55. The van der Waals surface area contributed by atoms with Crippen LogP contribution in [0.2, 0.25) is 0 Å². The number of hydrogen-bond donors (Lipinski definition) is 1. The second-order valence-electron chi connectivity index (χ2n) is 3.75. The summed E-state index contributed by atoms with van der Waals surface area (Å²) in [6.07, 6.45) is -4.32. The van der Waals surface area contributed by atoms with Gasteiger partial charge in [-0.2, -0.15) is 13.2 Å². The monoisotopic (exact) mass is 272 g/mol. The van der Waals surface area contributed by atoms with E-state index in [1.165, 1.54) is 17.4 Å². The predicted molar refractivity (Wildman–Crippen MR) is 65.3 cm³/mol. The van der Waals surface area contributed by atoms with Gasteiger partial charge in [-0.15, -0.1) is 11.3 Å². The molecule has 0 spiro atoms. The minimum Gasteiger partial charge on any atom is -0.314 e. The Bertz CT molecular complexity index is 534. The average Bonchev–Trinajstić information content (AvgIpc) is 2.77. The fraction of sp³-hybridized carbons (Fsp3) is 0.250. The summed E-state index contributed by atoms with van der Waals surface area (Å²) in [5.41, 5.74) is 0.678. The number of benzene rings is 1. The van der Waals surface area contributed by atoms with E-state index in [4.69, 9.17) is 0 Å². The minimum atomic E-state index is -4.32. The number of aromatic nitrogens is 1. The zero-order valence-corrected chi connectivity index (χ0v) is 10.4. The fourth-order valence-electron chi connectivity index (χ4n) is 1.53. The van der Waals surface area contributed by atoms with Crippen molar-refractivity contribution >= 4 is 11.3 Å². The summed E-state index contributed by atoms with van der Waals surface area (Å²) in [7, 11) is 1.79. The van der Waals surface area contributed by atoms with Gasteiger partial charge in [0.2, 0.25) is 0 Å². The van der Waals surface area contributed by atoms with E-state index in [0.29, 0.717) is 17.1 Å². The number of halogens is 3. The van der Waals surface area contributed by atoms with E-state index in [9.17, 15) is 13.2 Å². The normalized spacial score (nSPS) is 11.8. The molecular weight excluding hydrogens is 261 g/mol. The average molecular weight is 272 g/mol. The topological polar surface area (TPSA) is 24.9 Å². The van der Waals surface area contributed by atoms with Crippen LogP contribution in [0.3, 0.4) is 0 Å². The number of hydrogen-bond acceptors (Lipinski definition) is 3. The second kappa shape index (κ2) is 5.07. The van der Waals surface area contributed by atoms with E-state index in [1.807, 2.05) is 5.38 Å². The third-order valence-electron chi connectivity index (χ3n) is 2.35. The Balaban J connectivity index is 2.32. The first-order valence-corrected chi connectivity index (χ1v) is 6.15. The van der Waals surface area contributed by atoms with Gasteiger partial charge < -0.3 is 5.32 Å². The molecule has 0 unspecified atom stereocenters. The lowest BCUT2D eigenvalue weighted by atomic mass is 10.1. The maximum absolute atomic E-state index is 12.6. The molecule has 2 nitrogen and oxygen atoms in total. The summed E-state index contributed by atoms with van der Waals surface area (Å²) in [5.74, 6) is 0. The van der Waals surface area contributed by atoms with Crippen LogP contribution < -0.4 is 5.32 Å². The lowest BCUT2D eigenvalue weighted by Gasteiger charge is -2.07. The molecular formula is C12H11F3N2S. The smallest absolute Gasteiger partial charge is 0.314 e. The maximum Gasteiger partial charge on any atom is 0.416 e. The van der Waals surface area contributed by atoms with Gasteiger partial charge in [-0.05, 0) is 19.2 Å². The van der Waals surface area contributed by atoms with E-state index >= 15 is 0 Å². The highest BCUT2D eigenvalue weighted by Crippen LogP contribution is 2.32. The molecule has 0 fully saturated rings. The lowest BCUT2D eigenvalue weighted by molar-refractivity contribution is -0.137. The SMILES string of the molecule is CNCc1csc(-c2cccc(C(F)(F)F)c2)n1. The third-order valence-corrected chi connectivity index (χ3v) is 3.29. The van der Waals surface area contributed by atoms with E-state index in [-0.39, 0.29) is 0 Å². The van der Waals surface area contributed by atoms with Crippen LogP contribution in [0.4, 0.5) is 13.2 Å². The molecule has 0 aliphatic rings. The zero-order chi connectivity index (χ0) is 13.2. The van der Waals surface area contributed by atoms with Crippen LogP contribution in [0.1, 0.15) is 11.3 Å². The molecule has 0 aliphatic heterocycles. The second-order valence-corrected chi connectivity index (χ2v) is 4.61. The van der Waals surface area contributed by atoms with Crippen molar-refractivity contribution in [2.45, 2.75) is 12.7 Å². The number of nitrogens with zero attached hydrogens (tertiary/aromatic N) is 1. The molecule has 6 heteroatoms. The van der Waals surface area contributed by atoms with Crippen molar-refractivity contribution < 1.29 is 13.2 Å². The van der Waals surface area contributed by atoms with Gasteiger partial charge in [-0.3, -0.25) is 0 Å². The summed E-state index contributed by atoms with van der Waals surface area (Å²) in [4.78, 5) is 4.28. The fourth-order valence-corrected chi connectivity index (χ4v) is 2.35. The Morgan fingerprint density at radius 1 is 1.33 bits per heavy atom. The van der Waals surface area contributed by atoms with Crippen molar-refractivity contribution in [3.63, 3.8) is 0 Å². The quantitative estimate of drug-likeness (QED) is 0.924. The summed E-state index contributed by atoms with van der Waals surface area (Å²) in [6, 6.07) is 5.22. The largest absolute Gasteiger partial charge is 0.416 e. The number of rotatable bonds is 3. The van der Waals surface area contributed by atoms with Gasteiger partial charge in [0, 0.05) is 17.5 Å². The van der Waals surface area contributed by atoms with Crippen LogP contribution in [-0.2, 0) is 12.7 Å². The molecule has 2 aromatic rings. The Kier molecular flexibility index (Phi) is 3.68. The molecule has 1 N–H and O–H groups in total. The van der Waals surface area contributed by atoms with Crippen LogP contribution in [-0.4, -0.2) is 12.0 Å². The van der Waals surface area contributed by atoms with Crippen molar-refractivity contribution in [1.82, 2.24) is 10.3 Å². The van der Waals surface area contributed by atoms with Crippen molar-refractivity contribution in [3.05, 3.63) is 40.9 Å². The molecule has 18 heavy (non-hydrogen) atoms. The molecule has 0 saturated carbocycles. The summed E-state index contributed by atoms with van der Waals surface area (Å²) >= 11 is 1.34. The van der Waals surface area contributed by atoms with Gasteiger partial charge in [0.1, 0.15) is 5.01 Å². The van der Waals surface area contributed by atoms with Crippen molar-refractivity contribution in [1.29, 1.82) is 0 Å². The lowest BCUT2D eigenvalue weighted by Crippen LogP contribution is -2.05. The van der Waals surface area contributed by atoms with E-state index in [0.717, 1.165) is 17.8 Å². The van der Waals surface area contributed by atoms with Gasteiger partial charge in [0.15, 0.2) is 0 Å². The number of thiazole rings is 1. The molecule has 1 aromatic heterocycles. The molecule has 96 valence electrons. The molecule has 1 aromatic carbocycles. The van der Waals surface area contributed by atoms with Gasteiger partial charge >= 0.3 is 6.18 Å². The molecule has 0 atom stereocenters. The number of nitrogens with one attached hydrogen (secondary N) is 1. The molecule has 1 heterocycles. The molecule has 0 saturated heterocycles. The molecule has 0 bridgehead atoms. The van der Waals surface area contributed by atoms with Gasteiger partial charge in [0.05, 0.1) is 11.3 Å². The third kappa shape index (κ3) is 2.88. The zero-order valence-electron chi connectivity index (χ0n) is 9.58. The van der Waals surface area contributed by atoms with Crippen LogP contribution in [0.25, 0.3) is 10.6 Å². The highest BCUT2D eigenvalue weighted by molar-refractivity contribution is 7.13. The summed E-state index contributed by atoms with van der Waals surface area (Å²) in [6.45, 7) is 0.607. The first-order chi connectivity index (χ1) is 8.50.